The van der Waals surface area contributed by atoms with Gasteiger partial charge in [0.1, 0.15) is 0 Å². The molecule has 0 radical (unpaired) electrons. The van der Waals surface area contributed by atoms with Gasteiger partial charge in [-0.05, 0) is 50.0 Å². The summed E-state index contributed by atoms with van der Waals surface area (Å²) in [5, 5.41) is 27.6. The number of piperidine rings is 1. The lowest BCUT2D eigenvalue weighted by Crippen LogP contribution is -2.38. The monoisotopic (exact) mass is 265 g/mol. The molecule has 1 aliphatic rings. The van der Waals surface area contributed by atoms with Crippen LogP contribution in [0.1, 0.15) is 23.2 Å². The first-order valence-corrected chi connectivity index (χ1v) is 6.48. The molecule has 1 aromatic carbocycles. The Hall–Kier alpha value is -1.59. The van der Waals surface area contributed by atoms with Crippen LogP contribution >= 0.6 is 0 Å². The van der Waals surface area contributed by atoms with Crippen LogP contribution in [0.2, 0.25) is 0 Å². The molecule has 1 aliphatic heterocycles. The number of carbonyl (C=O) groups excluding carboxylic acids is 1. The molecular formula is C14H19NO4. The Labute approximate surface area is 112 Å². The van der Waals surface area contributed by atoms with Crippen LogP contribution in [-0.2, 0) is 0 Å². The number of rotatable bonds is 4. The van der Waals surface area contributed by atoms with Crippen LogP contribution in [0.3, 0.4) is 0 Å². The second-order valence-electron chi connectivity index (χ2n) is 5.03. The fraction of sp³-hybridized carbons (Fsp3) is 0.500. The molecular weight excluding hydrogens is 246 g/mol. The Morgan fingerprint density at radius 2 is 1.89 bits per heavy atom. The number of hydrogen-bond donors (Lipinski definition) is 3. The van der Waals surface area contributed by atoms with Gasteiger partial charge in [-0.2, -0.15) is 0 Å². The zero-order valence-corrected chi connectivity index (χ0v) is 10.7. The van der Waals surface area contributed by atoms with E-state index >= 15 is 0 Å². The van der Waals surface area contributed by atoms with E-state index in [1.165, 1.54) is 18.2 Å². The number of ketones is 1. The molecule has 5 nitrogen and oxygen atoms in total. The first-order valence-electron chi connectivity index (χ1n) is 6.48. The number of aromatic hydroxyl groups is 2. The SMILES string of the molecule is O=C(CN1CCC(CO)CC1)c1ccc(O)c(O)c1. The number of hydrogen-bond acceptors (Lipinski definition) is 5. The number of phenolic OH excluding ortho intramolecular Hbond substituents is 2. The van der Waals surface area contributed by atoms with E-state index in [0.717, 1.165) is 25.9 Å². The minimum atomic E-state index is -0.273. The zero-order chi connectivity index (χ0) is 13.8. The van der Waals surface area contributed by atoms with E-state index in [1.54, 1.807) is 0 Å². The van der Waals surface area contributed by atoms with Crippen LogP contribution in [0.25, 0.3) is 0 Å². The molecule has 0 bridgehead atoms. The Kier molecular flexibility index (Phi) is 4.39. The van der Waals surface area contributed by atoms with Gasteiger partial charge in [0.05, 0.1) is 6.54 Å². The molecule has 0 aromatic heterocycles. The van der Waals surface area contributed by atoms with Crippen LogP contribution in [0.15, 0.2) is 18.2 Å². The van der Waals surface area contributed by atoms with E-state index in [2.05, 4.69) is 4.90 Å². The predicted molar refractivity (Wildman–Crippen MR) is 70.4 cm³/mol. The summed E-state index contributed by atoms with van der Waals surface area (Å²) in [6.07, 6.45) is 1.81. The molecule has 1 heterocycles. The molecule has 2 rings (SSSR count). The molecule has 1 saturated heterocycles. The van der Waals surface area contributed by atoms with E-state index in [9.17, 15) is 15.0 Å². The maximum Gasteiger partial charge on any atom is 0.176 e. The highest BCUT2D eigenvalue weighted by Gasteiger charge is 2.21. The van der Waals surface area contributed by atoms with E-state index in [-0.39, 0.29) is 23.9 Å². The molecule has 0 saturated carbocycles. The van der Waals surface area contributed by atoms with E-state index in [4.69, 9.17) is 5.11 Å². The van der Waals surface area contributed by atoms with Crippen molar-refractivity contribution in [1.29, 1.82) is 0 Å². The number of aliphatic hydroxyl groups is 1. The van der Waals surface area contributed by atoms with Crippen molar-refractivity contribution in [2.45, 2.75) is 12.8 Å². The summed E-state index contributed by atoms with van der Waals surface area (Å²) in [6.45, 7) is 2.14. The van der Waals surface area contributed by atoms with Crippen molar-refractivity contribution in [2.24, 2.45) is 5.92 Å². The quantitative estimate of drug-likeness (QED) is 0.558. The molecule has 1 fully saturated rings. The Morgan fingerprint density at radius 1 is 1.21 bits per heavy atom. The van der Waals surface area contributed by atoms with Crippen LogP contribution in [0.4, 0.5) is 0 Å². The third-order valence-electron chi connectivity index (χ3n) is 3.63. The van der Waals surface area contributed by atoms with Gasteiger partial charge in [-0.1, -0.05) is 0 Å². The Balaban J connectivity index is 1.92. The first-order chi connectivity index (χ1) is 9.10. The Bertz CT molecular complexity index is 453. The van der Waals surface area contributed by atoms with Crippen LogP contribution in [0.5, 0.6) is 11.5 Å². The summed E-state index contributed by atoms with van der Waals surface area (Å²) < 4.78 is 0. The van der Waals surface area contributed by atoms with Crippen molar-refractivity contribution in [1.82, 2.24) is 4.90 Å². The highest BCUT2D eigenvalue weighted by Crippen LogP contribution is 2.25. The summed E-state index contributed by atoms with van der Waals surface area (Å²) in [5.74, 6) is -0.216. The summed E-state index contributed by atoms with van der Waals surface area (Å²) in [4.78, 5) is 14.1. The third-order valence-corrected chi connectivity index (χ3v) is 3.63. The minimum absolute atomic E-state index is 0.0715. The van der Waals surface area contributed by atoms with Gasteiger partial charge in [-0.3, -0.25) is 9.69 Å². The first kappa shape index (κ1) is 13.8. The fourth-order valence-electron chi connectivity index (χ4n) is 2.32. The molecule has 0 spiro atoms. The lowest BCUT2D eigenvalue weighted by atomic mass is 9.97. The van der Waals surface area contributed by atoms with Gasteiger partial charge in [0.25, 0.3) is 0 Å². The van der Waals surface area contributed by atoms with E-state index in [1.807, 2.05) is 0 Å². The highest BCUT2D eigenvalue weighted by molar-refractivity contribution is 5.98. The maximum absolute atomic E-state index is 12.0. The lowest BCUT2D eigenvalue weighted by molar-refractivity contribution is 0.0863. The maximum atomic E-state index is 12.0. The van der Waals surface area contributed by atoms with Crippen molar-refractivity contribution in [3.8, 4) is 11.5 Å². The number of benzene rings is 1. The topological polar surface area (TPSA) is 81.0 Å². The molecule has 1 aromatic rings. The van der Waals surface area contributed by atoms with Crippen molar-refractivity contribution < 1.29 is 20.1 Å². The average molecular weight is 265 g/mol. The lowest BCUT2D eigenvalue weighted by Gasteiger charge is -2.30. The zero-order valence-electron chi connectivity index (χ0n) is 10.7. The van der Waals surface area contributed by atoms with Gasteiger partial charge in [0.15, 0.2) is 17.3 Å². The molecule has 104 valence electrons. The number of aliphatic hydroxyl groups excluding tert-OH is 1. The van der Waals surface area contributed by atoms with Crippen molar-refractivity contribution in [3.63, 3.8) is 0 Å². The molecule has 19 heavy (non-hydrogen) atoms. The van der Waals surface area contributed by atoms with Gasteiger partial charge >= 0.3 is 0 Å². The summed E-state index contributed by atoms with van der Waals surface area (Å²) in [6, 6.07) is 4.12. The fourth-order valence-corrected chi connectivity index (χ4v) is 2.32. The number of carbonyl (C=O) groups is 1. The largest absolute Gasteiger partial charge is 0.504 e. The summed E-state index contributed by atoms with van der Waals surface area (Å²) in [5.41, 5.74) is 0.402. The minimum Gasteiger partial charge on any atom is -0.504 e. The molecule has 0 unspecified atom stereocenters. The van der Waals surface area contributed by atoms with E-state index in [0.29, 0.717) is 18.0 Å². The summed E-state index contributed by atoms with van der Waals surface area (Å²) in [7, 11) is 0. The van der Waals surface area contributed by atoms with Crippen molar-refractivity contribution >= 4 is 5.78 Å². The molecule has 3 N–H and O–H groups in total. The summed E-state index contributed by atoms with van der Waals surface area (Å²) >= 11 is 0. The number of likely N-dealkylation sites (tertiary alicyclic amines) is 1. The normalized spacial score (nSPS) is 17.5. The van der Waals surface area contributed by atoms with Crippen molar-refractivity contribution in [3.05, 3.63) is 23.8 Å². The Morgan fingerprint density at radius 3 is 2.47 bits per heavy atom. The van der Waals surface area contributed by atoms with Gasteiger partial charge in [0.2, 0.25) is 0 Å². The second kappa shape index (κ2) is 6.04. The van der Waals surface area contributed by atoms with Gasteiger partial charge in [-0.15, -0.1) is 0 Å². The van der Waals surface area contributed by atoms with Crippen LogP contribution in [0, 0.1) is 5.92 Å². The van der Waals surface area contributed by atoms with Gasteiger partial charge in [-0.25, -0.2) is 0 Å². The van der Waals surface area contributed by atoms with E-state index < -0.39 is 0 Å². The molecule has 0 amide bonds. The van der Waals surface area contributed by atoms with Crippen LogP contribution in [-0.4, -0.2) is 52.2 Å². The molecule has 0 atom stereocenters. The predicted octanol–water partition coefficient (Wildman–Crippen LogP) is 0.985. The van der Waals surface area contributed by atoms with Crippen LogP contribution < -0.4 is 0 Å². The highest BCUT2D eigenvalue weighted by atomic mass is 16.3. The standard InChI is InChI=1S/C14H19NO4/c16-9-10-3-5-15(6-4-10)8-14(19)11-1-2-12(17)13(18)7-11/h1-2,7,10,16-18H,3-6,8-9H2. The number of nitrogens with zero attached hydrogens (tertiary/aromatic N) is 1. The van der Waals surface area contributed by atoms with Gasteiger partial charge < -0.3 is 15.3 Å². The molecule has 5 heteroatoms. The van der Waals surface area contributed by atoms with Crippen molar-refractivity contribution in [2.75, 3.05) is 26.2 Å². The smallest absolute Gasteiger partial charge is 0.176 e. The third kappa shape index (κ3) is 3.45. The van der Waals surface area contributed by atoms with Gasteiger partial charge in [0, 0.05) is 12.2 Å². The molecule has 0 aliphatic carbocycles. The second-order valence-corrected chi connectivity index (χ2v) is 5.03. The number of Topliss-reactive ketones (excluding diaryl/α,β-unsaturated/α-hetero) is 1. The number of phenols is 2. The average Bonchev–Trinajstić information content (AvgIpc) is 2.42.